The molecule has 1 aliphatic rings. The first kappa shape index (κ1) is 18.6. The summed E-state index contributed by atoms with van der Waals surface area (Å²) in [5.74, 6) is -0.330. The van der Waals surface area contributed by atoms with Crippen molar-refractivity contribution in [2.24, 2.45) is 0 Å². The van der Waals surface area contributed by atoms with Crippen LogP contribution in [0.15, 0.2) is 35.1 Å². The van der Waals surface area contributed by atoms with E-state index < -0.39 is 5.56 Å². The van der Waals surface area contributed by atoms with Crippen LogP contribution in [-0.4, -0.2) is 33.6 Å². The zero-order chi connectivity index (χ0) is 19.5. The molecule has 0 spiro atoms. The lowest BCUT2D eigenvalue weighted by molar-refractivity contribution is 0.0943. The minimum absolute atomic E-state index is 0.222. The molecule has 3 heterocycles. The lowest BCUT2D eigenvalue weighted by Crippen LogP contribution is -2.28. The molecule has 28 heavy (non-hydrogen) atoms. The Morgan fingerprint density at radius 3 is 2.71 bits per heavy atom. The van der Waals surface area contributed by atoms with Crippen LogP contribution in [0.4, 0.5) is 5.13 Å². The van der Waals surface area contributed by atoms with E-state index in [0.717, 1.165) is 42.2 Å². The molecule has 3 aromatic rings. The molecule has 146 valence electrons. The summed E-state index contributed by atoms with van der Waals surface area (Å²) in [6.07, 6.45) is 4.71. The van der Waals surface area contributed by atoms with Crippen LogP contribution in [0.3, 0.4) is 0 Å². The van der Waals surface area contributed by atoms with E-state index in [2.05, 4.69) is 20.3 Å². The van der Waals surface area contributed by atoms with Gasteiger partial charge >= 0.3 is 0 Å². The van der Waals surface area contributed by atoms with Gasteiger partial charge in [0.05, 0.1) is 0 Å². The van der Waals surface area contributed by atoms with Crippen LogP contribution in [0.25, 0.3) is 4.96 Å². The summed E-state index contributed by atoms with van der Waals surface area (Å²) in [6, 6.07) is 9.21. The highest BCUT2D eigenvalue weighted by Crippen LogP contribution is 2.25. The maximum atomic E-state index is 12.8. The number of hydrogen-bond acceptors (Lipinski definition) is 6. The SMILES string of the molecule is Cc1cccc(CNC(=O)c2cc(=O)nc3sc(N4CCCCCC4)nn23)c1. The van der Waals surface area contributed by atoms with Crippen LogP contribution in [0.5, 0.6) is 0 Å². The van der Waals surface area contributed by atoms with Crippen LogP contribution in [-0.2, 0) is 6.54 Å². The maximum absolute atomic E-state index is 12.8. The highest BCUT2D eigenvalue weighted by molar-refractivity contribution is 7.20. The maximum Gasteiger partial charge on any atom is 0.274 e. The Hall–Kier alpha value is -2.74. The summed E-state index contributed by atoms with van der Waals surface area (Å²) in [5.41, 5.74) is 1.94. The van der Waals surface area contributed by atoms with Crippen molar-refractivity contribution in [1.82, 2.24) is 19.9 Å². The number of nitrogens with zero attached hydrogens (tertiary/aromatic N) is 4. The molecule has 4 rings (SSSR count). The predicted molar refractivity (Wildman–Crippen MR) is 110 cm³/mol. The molecule has 0 radical (unpaired) electrons. The number of rotatable bonds is 4. The molecular weight excluding hydrogens is 374 g/mol. The summed E-state index contributed by atoms with van der Waals surface area (Å²) in [7, 11) is 0. The zero-order valence-corrected chi connectivity index (χ0v) is 16.7. The van der Waals surface area contributed by atoms with Gasteiger partial charge in [0.15, 0.2) is 0 Å². The summed E-state index contributed by atoms with van der Waals surface area (Å²) in [4.78, 5) is 31.5. The van der Waals surface area contributed by atoms with Gasteiger partial charge in [0.25, 0.3) is 11.5 Å². The average molecular weight is 398 g/mol. The van der Waals surface area contributed by atoms with Crippen molar-refractivity contribution in [3.8, 4) is 0 Å². The largest absolute Gasteiger partial charge is 0.347 e. The van der Waals surface area contributed by atoms with Crippen LogP contribution < -0.4 is 15.8 Å². The molecule has 7 nitrogen and oxygen atoms in total. The number of benzene rings is 1. The van der Waals surface area contributed by atoms with E-state index in [0.29, 0.717) is 11.5 Å². The first-order valence-electron chi connectivity index (χ1n) is 9.60. The molecule has 1 aromatic carbocycles. The summed E-state index contributed by atoms with van der Waals surface area (Å²) >= 11 is 1.36. The van der Waals surface area contributed by atoms with Crippen molar-refractivity contribution < 1.29 is 4.79 Å². The van der Waals surface area contributed by atoms with Gasteiger partial charge in [0.1, 0.15) is 5.69 Å². The second-order valence-corrected chi connectivity index (χ2v) is 8.07. The van der Waals surface area contributed by atoms with E-state index in [-0.39, 0.29) is 11.6 Å². The van der Waals surface area contributed by atoms with Crippen LogP contribution >= 0.6 is 11.3 Å². The number of nitrogens with one attached hydrogen (secondary N) is 1. The number of hydrogen-bond donors (Lipinski definition) is 1. The first-order chi connectivity index (χ1) is 13.6. The molecule has 0 aliphatic carbocycles. The van der Waals surface area contributed by atoms with Crippen molar-refractivity contribution >= 4 is 27.3 Å². The number of fused-ring (bicyclic) bond motifs is 1. The number of amides is 1. The third kappa shape index (κ3) is 4.06. The molecular formula is C20H23N5O2S. The predicted octanol–water partition coefficient (Wildman–Crippen LogP) is 2.77. The van der Waals surface area contributed by atoms with E-state index in [1.165, 1.54) is 34.8 Å². The fraction of sp³-hybridized carbons (Fsp3) is 0.400. The number of anilines is 1. The van der Waals surface area contributed by atoms with Crippen LogP contribution in [0.1, 0.15) is 47.3 Å². The Bertz CT molecular complexity index is 1050. The Kier molecular flexibility index (Phi) is 5.38. The van der Waals surface area contributed by atoms with Gasteiger partial charge < -0.3 is 10.2 Å². The van der Waals surface area contributed by atoms with Gasteiger partial charge in [-0.25, -0.2) is 0 Å². The molecule has 0 saturated carbocycles. The number of aryl methyl sites for hydroxylation is 1. The van der Waals surface area contributed by atoms with E-state index in [4.69, 9.17) is 0 Å². The van der Waals surface area contributed by atoms with Gasteiger partial charge in [0, 0.05) is 25.7 Å². The number of carbonyl (C=O) groups excluding carboxylic acids is 1. The van der Waals surface area contributed by atoms with E-state index in [1.807, 2.05) is 31.2 Å². The Morgan fingerprint density at radius 2 is 1.96 bits per heavy atom. The molecule has 1 fully saturated rings. The second kappa shape index (κ2) is 8.10. The Labute approximate surface area is 167 Å². The lowest BCUT2D eigenvalue weighted by atomic mass is 10.1. The second-order valence-electron chi connectivity index (χ2n) is 7.13. The summed E-state index contributed by atoms with van der Waals surface area (Å²) in [5, 5.41) is 8.31. The van der Waals surface area contributed by atoms with Crippen LogP contribution in [0.2, 0.25) is 0 Å². The van der Waals surface area contributed by atoms with Crippen molar-refractivity contribution in [3.63, 3.8) is 0 Å². The Morgan fingerprint density at radius 1 is 1.18 bits per heavy atom. The van der Waals surface area contributed by atoms with Crippen LogP contribution in [0, 0.1) is 6.92 Å². The third-order valence-electron chi connectivity index (χ3n) is 4.89. The van der Waals surface area contributed by atoms with E-state index in [9.17, 15) is 9.59 Å². The van der Waals surface area contributed by atoms with E-state index in [1.54, 1.807) is 0 Å². The molecule has 1 amide bonds. The normalized spacial score (nSPS) is 14.8. The Balaban J connectivity index is 1.60. The van der Waals surface area contributed by atoms with Gasteiger partial charge in [0.2, 0.25) is 10.1 Å². The van der Waals surface area contributed by atoms with Gasteiger partial charge in [-0.15, -0.1) is 5.10 Å². The van der Waals surface area contributed by atoms with Gasteiger partial charge in [-0.1, -0.05) is 54.0 Å². The smallest absolute Gasteiger partial charge is 0.274 e. The number of aromatic nitrogens is 3. The highest BCUT2D eigenvalue weighted by atomic mass is 32.1. The first-order valence-corrected chi connectivity index (χ1v) is 10.4. The molecule has 0 atom stereocenters. The van der Waals surface area contributed by atoms with Crippen molar-refractivity contribution in [3.05, 3.63) is 57.5 Å². The molecule has 8 heteroatoms. The number of carbonyl (C=O) groups is 1. The fourth-order valence-electron chi connectivity index (χ4n) is 3.45. The van der Waals surface area contributed by atoms with Crippen molar-refractivity contribution in [1.29, 1.82) is 0 Å². The summed E-state index contributed by atoms with van der Waals surface area (Å²) < 4.78 is 1.50. The topological polar surface area (TPSA) is 79.6 Å². The van der Waals surface area contributed by atoms with Gasteiger partial charge in [-0.05, 0) is 25.3 Å². The average Bonchev–Trinajstić information content (AvgIpc) is 2.91. The fourth-order valence-corrected chi connectivity index (χ4v) is 4.41. The van der Waals surface area contributed by atoms with Crippen molar-refractivity contribution in [2.75, 3.05) is 18.0 Å². The zero-order valence-electron chi connectivity index (χ0n) is 15.9. The minimum Gasteiger partial charge on any atom is -0.347 e. The van der Waals surface area contributed by atoms with Gasteiger partial charge in [-0.2, -0.15) is 9.50 Å². The summed E-state index contributed by atoms with van der Waals surface area (Å²) in [6.45, 7) is 4.29. The van der Waals surface area contributed by atoms with Crippen molar-refractivity contribution in [2.45, 2.75) is 39.2 Å². The molecule has 0 bridgehead atoms. The molecule has 1 aliphatic heterocycles. The van der Waals surface area contributed by atoms with Gasteiger partial charge in [-0.3, -0.25) is 9.59 Å². The lowest BCUT2D eigenvalue weighted by Gasteiger charge is -2.17. The molecule has 0 unspecified atom stereocenters. The monoisotopic (exact) mass is 397 g/mol. The van der Waals surface area contributed by atoms with E-state index >= 15 is 0 Å². The molecule has 1 N–H and O–H groups in total. The third-order valence-corrected chi connectivity index (χ3v) is 5.86. The minimum atomic E-state index is -0.424. The highest BCUT2D eigenvalue weighted by Gasteiger charge is 2.19. The molecule has 1 saturated heterocycles. The molecule has 2 aromatic heterocycles. The standard InChI is InChI=1S/C20H23N5O2S/c1-14-7-6-8-15(11-14)13-21-18(27)16-12-17(26)22-19-25(16)23-20(28-19)24-9-4-2-3-5-10-24/h6-8,11-12H,2-5,9-10,13H2,1H3,(H,21,27). The quantitative estimate of drug-likeness (QED) is 0.732.